The van der Waals surface area contributed by atoms with Crippen LogP contribution in [-0.4, -0.2) is 17.1 Å². The largest absolute Gasteiger partial charge is 0.479 e. The van der Waals surface area contributed by atoms with Gasteiger partial charge in [-0.05, 0) is 12.1 Å². The summed E-state index contributed by atoms with van der Waals surface area (Å²) in [5, 5.41) is 11.5. The highest BCUT2D eigenvalue weighted by Gasteiger charge is 2.23. The van der Waals surface area contributed by atoms with E-state index in [2.05, 4.69) is 5.32 Å². The summed E-state index contributed by atoms with van der Waals surface area (Å²) >= 11 is 11.5. The van der Waals surface area contributed by atoms with Gasteiger partial charge < -0.3 is 16.2 Å². The third-order valence-electron chi connectivity index (χ3n) is 1.81. The van der Waals surface area contributed by atoms with E-state index in [0.717, 1.165) is 0 Å². The Balaban J connectivity index is 3.10. The van der Waals surface area contributed by atoms with Gasteiger partial charge in [0.1, 0.15) is 0 Å². The van der Waals surface area contributed by atoms with Gasteiger partial charge >= 0.3 is 12.0 Å². The van der Waals surface area contributed by atoms with Crippen molar-refractivity contribution in [2.45, 2.75) is 6.04 Å². The van der Waals surface area contributed by atoms with Gasteiger partial charge in [-0.2, -0.15) is 0 Å². The highest BCUT2D eigenvalue weighted by atomic mass is 35.5. The number of hydrogen-bond acceptors (Lipinski definition) is 2. The van der Waals surface area contributed by atoms with Crippen molar-refractivity contribution in [1.29, 1.82) is 0 Å². The Labute approximate surface area is 101 Å². The molecule has 5 nitrogen and oxygen atoms in total. The molecule has 0 aliphatic heterocycles. The molecular weight excluding hydrogens is 255 g/mol. The van der Waals surface area contributed by atoms with Crippen LogP contribution in [0.5, 0.6) is 0 Å². The molecule has 0 aliphatic rings. The van der Waals surface area contributed by atoms with Crippen LogP contribution in [0.1, 0.15) is 11.6 Å². The van der Waals surface area contributed by atoms with Crippen molar-refractivity contribution in [3.8, 4) is 0 Å². The standard InChI is InChI=1S/C9H8Cl2N2O3/c10-4-1-2-5(6(11)3-4)7(8(14)15)13-9(12)16/h1-3,7H,(H,14,15)(H3,12,13,16). The molecule has 7 heteroatoms. The molecule has 2 amide bonds. The molecular formula is C9H8Cl2N2O3. The lowest BCUT2D eigenvalue weighted by atomic mass is 10.1. The summed E-state index contributed by atoms with van der Waals surface area (Å²) < 4.78 is 0. The van der Waals surface area contributed by atoms with Crippen molar-refractivity contribution < 1.29 is 14.7 Å². The third kappa shape index (κ3) is 3.01. The summed E-state index contributed by atoms with van der Waals surface area (Å²) in [6, 6.07) is 2.04. The van der Waals surface area contributed by atoms with Crippen molar-refractivity contribution in [1.82, 2.24) is 5.32 Å². The Kier molecular flexibility index (Phi) is 3.98. The SMILES string of the molecule is NC(=O)NC(C(=O)O)c1ccc(Cl)cc1Cl. The molecule has 0 fully saturated rings. The molecule has 0 saturated heterocycles. The van der Waals surface area contributed by atoms with Gasteiger partial charge in [-0.25, -0.2) is 9.59 Å². The zero-order valence-corrected chi connectivity index (χ0v) is 9.42. The molecule has 0 heterocycles. The summed E-state index contributed by atoms with van der Waals surface area (Å²) in [6.07, 6.45) is 0. The van der Waals surface area contributed by atoms with E-state index in [0.29, 0.717) is 5.02 Å². The molecule has 0 aromatic heterocycles. The number of aliphatic carboxylic acids is 1. The number of carboxylic acid groups (broad SMARTS) is 1. The molecule has 1 rings (SSSR count). The molecule has 4 N–H and O–H groups in total. The molecule has 86 valence electrons. The lowest BCUT2D eigenvalue weighted by Crippen LogP contribution is -2.37. The highest BCUT2D eigenvalue weighted by Crippen LogP contribution is 2.26. The van der Waals surface area contributed by atoms with Gasteiger partial charge in [-0.1, -0.05) is 29.3 Å². The summed E-state index contributed by atoms with van der Waals surface area (Å²) in [6.45, 7) is 0. The van der Waals surface area contributed by atoms with Crippen molar-refractivity contribution >= 4 is 35.2 Å². The van der Waals surface area contributed by atoms with E-state index in [1.165, 1.54) is 18.2 Å². The zero-order valence-electron chi connectivity index (χ0n) is 7.91. The molecule has 1 unspecified atom stereocenters. The Bertz CT molecular complexity index is 437. The Hall–Kier alpha value is -1.46. The fourth-order valence-electron chi connectivity index (χ4n) is 1.15. The van der Waals surface area contributed by atoms with E-state index in [-0.39, 0.29) is 10.6 Å². The first-order chi connectivity index (χ1) is 7.41. The zero-order chi connectivity index (χ0) is 12.3. The van der Waals surface area contributed by atoms with Gasteiger partial charge in [0.15, 0.2) is 6.04 Å². The summed E-state index contributed by atoms with van der Waals surface area (Å²) in [7, 11) is 0. The van der Waals surface area contributed by atoms with Crippen molar-refractivity contribution in [2.24, 2.45) is 5.73 Å². The van der Waals surface area contributed by atoms with Crippen LogP contribution < -0.4 is 11.1 Å². The van der Waals surface area contributed by atoms with Crippen LogP contribution in [0.4, 0.5) is 4.79 Å². The predicted molar refractivity (Wildman–Crippen MR) is 59.6 cm³/mol. The lowest BCUT2D eigenvalue weighted by molar-refractivity contribution is -0.139. The lowest BCUT2D eigenvalue weighted by Gasteiger charge is -2.14. The quantitative estimate of drug-likeness (QED) is 0.776. The molecule has 0 bridgehead atoms. The number of primary amides is 1. The van der Waals surface area contributed by atoms with Crippen molar-refractivity contribution in [3.63, 3.8) is 0 Å². The summed E-state index contributed by atoms with van der Waals surface area (Å²) in [5.41, 5.74) is 5.09. The Morgan fingerprint density at radius 2 is 2.00 bits per heavy atom. The second-order valence-electron chi connectivity index (χ2n) is 2.95. The maximum Gasteiger partial charge on any atom is 0.331 e. The van der Waals surface area contributed by atoms with Gasteiger partial charge in [0.25, 0.3) is 0 Å². The average Bonchev–Trinajstić information content (AvgIpc) is 2.14. The summed E-state index contributed by atoms with van der Waals surface area (Å²) in [4.78, 5) is 21.6. The monoisotopic (exact) mass is 262 g/mol. The van der Waals surface area contributed by atoms with Crippen LogP contribution in [0.25, 0.3) is 0 Å². The van der Waals surface area contributed by atoms with E-state index in [1.807, 2.05) is 0 Å². The minimum absolute atomic E-state index is 0.147. The van der Waals surface area contributed by atoms with Gasteiger partial charge in [0.2, 0.25) is 0 Å². The number of benzene rings is 1. The molecule has 0 radical (unpaired) electrons. The molecule has 0 spiro atoms. The van der Waals surface area contributed by atoms with Crippen LogP contribution >= 0.6 is 23.2 Å². The van der Waals surface area contributed by atoms with E-state index in [9.17, 15) is 9.59 Å². The van der Waals surface area contributed by atoms with Gasteiger partial charge in [-0.15, -0.1) is 0 Å². The van der Waals surface area contributed by atoms with E-state index in [1.54, 1.807) is 0 Å². The number of hydrogen-bond donors (Lipinski definition) is 3. The molecule has 0 aliphatic carbocycles. The normalized spacial score (nSPS) is 11.9. The van der Waals surface area contributed by atoms with E-state index >= 15 is 0 Å². The maximum absolute atomic E-state index is 10.9. The molecule has 0 saturated carbocycles. The number of amides is 2. The Morgan fingerprint density at radius 3 is 2.44 bits per heavy atom. The summed E-state index contributed by atoms with van der Waals surface area (Å²) in [5.74, 6) is -1.26. The van der Waals surface area contributed by atoms with Crippen molar-refractivity contribution in [3.05, 3.63) is 33.8 Å². The van der Waals surface area contributed by atoms with Crippen LogP contribution in [-0.2, 0) is 4.79 Å². The van der Waals surface area contributed by atoms with Crippen LogP contribution in [0.3, 0.4) is 0 Å². The topological polar surface area (TPSA) is 92.4 Å². The fourth-order valence-corrected chi connectivity index (χ4v) is 1.67. The molecule has 1 aromatic carbocycles. The number of carbonyl (C=O) groups excluding carboxylic acids is 1. The Morgan fingerprint density at radius 1 is 1.38 bits per heavy atom. The third-order valence-corrected chi connectivity index (χ3v) is 2.37. The first-order valence-electron chi connectivity index (χ1n) is 4.15. The van der Waals surface area contributed by atoms with Gasteiger partial charge in [0, 0.05) is 15.6 Å². The molecule has 1 aromatic rings. The van der Waals surface area contributed by atoms with E-state index < -0.39 is 18.0 Å². The number of carbonyl (C=O) groups is 2. The first kappa shape index (κ1) is 12.6. The maximum atomic E-state index is 10.9. The van der Waals surface area contributed by atoms with Gasteiger partial charge in [-0.3, -0.25) is 0 Å². The first-order valence-corrected chi connectivity index (χ1v) is 4.91. The van der Waals surface area contributed by atoms with Crippen LogP contribution in [0, 0.1) is 0 Å². The average molecular weight is 263 g/mol. The van der Waals surface area contributed by atoms with Gasteiger partial charge in [0.05, 0.1) is 0 Å². The number of carboxylic acids is 1. The number of nitrogens with one attached hydrogen (secondary N) is 1. The minimum atomic E-state index is -1.29. The smallest absolute Gasteiger partial charge is 0.331 e. The second kappa shape index (κ2) is 5.05. The van der Waals surface area contributed by atoms with E-state index in [4.69, 9.17) is 34.0 Å². The predicted octanol–water partition coefficient (Wildman–Crippen LogP) is 1.79. The fraction of sp³-hybridized carbons (Fsp3) is 0.111. The van der Waals surface area contributed by atoms with Crippen LogP contribution in [0.2, 0.25) is 10.0 Å². The van der Waals surface area contributed by atoms with Crippen LogP contribution in [0.15, 0.2) is 18.2 Å². The molecule has 1 atom stereocenters. The number of nitrogens with two attached hydrogens (primary N) is 1. The number of urea groups is 1. The minimum Gasteiger partial charge on any atom is -0.479 e. The highest BCUT2D eigenvalue weighted by molar-refractivity contribution is 6.35. The number of rotatable bonds is 3. The number of halogens is 2. The second-order valence-corrected chi connectivity index (χ2v) is 3.79. The van der Waals surface area contributed by atoms with Crippen molar-refractivity contribution in [2.75, 3.05) is 0 Å². The molecule has 16 heavy (non-hydrogen) atoms.